The van der Waals surface area contributed by atoms with E-state index < -0.39 is 10.8 Å². The van der Waals surface area contributed by atoms with E-state index in [1.807, 2.05) is 25.1 Å². The number of benzene rings is 2. The average molecular weight is 307 g/mol. The lowest BCUT2D eigenvalue weighted by Gasteiger charge is -2.18. The van der Waals surface area contributed by atoms with Crippen molar-refractivity contribution in [2.45, 2.75) is 24.1 Å². The van der Waals surface area contributed by atoms with Crippen molar-refractivity contribution in [3.8, 4) is 0 Å². The normalized spacial score (nSPS) is 14.3. The van der Waals surface area contributed by atoms with Crippen LogP contribution in [0.2, 0.25) is 0 Å². The van der Waals surface area contributed by atoms with Gasteiger partial charge < -0.3 is 5.11 Å². The Balaban J connectivity index is 2.42. The van der Waals surface area contributed by atoms with Crippen molar-refractivity contribution in [2.24, 2.45) is 0 Å². The molecule has 0 fully saturated rings. The monoisotopic (exact) mass is 306 g/mol. The largest absolute Gasteiger partial charge is 0.480 e. The fourth-order valence-electron chi connectivity index (χ4n) is 2.22. The van der Waals surface area contributed by atoms with Crippen LogP contribution in [0.1, 0.15) is 24.8 Å². The molecule has 0 aliphatic carbocycles. The van der Waals surface area contributed by atoms with Gasteiger partial charge in [-0.1, -0.05) is 65.3 Å². The molecule has 2 rings (SSSR count). The number of hydrogen-bond acceptors (Lipinski definition) is 1. The molecule has 18 heavy (non-hydrogen) atoms. The van der Waals surface area contributed by atoms with Crippen molar-refractivity contribution >= 4 is 32.7 Å². The summed E-state index contributed by atoms with van der Waals surface area (Å²) >= 11 is 3.27. The maximum Gasteiger partial charge on any atom is 0.317 e. The Hall–Kier alpha value is -1.35. The lowest BCUT2D eigenvalue weighted by molar-refractivity contribution is -0.136. The number of carboxylic acid groups (broad SMARTS) is 1. The van der Waals surface area contributed by atoms with Gasteiger partial charge in [0, 0.05) is 5.92 Å². The van der Waals surface area contributed by atoms with Crippen LogP contribution in [-0.4, -0.2) is 15.9 Å². The van der Waals surface area contributed by atoms with Gasteiger partial charge in [0.25, 0.3) is 0 Å². The smallest absolute Gasteiger partial charge is 0.317 e. The van der Waals surface area contributed by atoms with Crippen LogP contribution in [0.4, 0.5) is 0 Å². The van der Waals surface area contributed by atoms with Gasteiger partial charge in [-0.15, -0.1) is 0 Å². The first-order valence-electron chi connectivity index (χ1n) is 5.99. The molecule has 0 aliphatic heterocycles. The quantitative estimate of drug-likeness (QED) is 0.860. The number of carboxylic acids is 1. The first-order chi connectivity index (χ1) is 8.63. The molecule has 0 spiro atoms. The molecule has 0 aliphatic rings. The summed E-state index contributed by atoms with van der Waals surface area (Å²) in [6, 6.07) is 14.3. The summed E-state index contributed by atoms with van der Waals surface area (Å²) in [7, 11) is 0. The first-order valence-corrected chi connectivity index (χ1v) is 6.90. The van der Waals surface area contributed by atoms with Crippen molar-refractivity contribution in [3.05, 3.63) is 48.0 Å². The Bertz CT molecular complexity index is 565. The molecule has 0 aromatic heterocycles. The predicted octanol–water partition coefficient (Wildman–Crippen LogP) is 4.18. The lowest BCUT2D eigenvalue weighted by atomic mass is 9.91. The zero-order chi connectivity index (χ0) is 13.1. The van der Waals surface area contributed by atoms with E-state index in [0.29, 0.717) is 0 Å². The van der Waals surface area contributed by atoms with Gasteiger partial charge in [-0.2, -0.15) is 0 Å². The third kappa shape index (κ3) is 2.56. The molecule has 0 heterocycles. The van der Waals surface area contributed by atoms with E-state index in [-0.39, 0.29) is 5.92 Å². The Labute approximate surface area is 115 Å². The molecular formula is C15H15BrO2. The molecule has 2 aromatic rings. The number of carbonyl (C=O) groups is 1. The minimum atomic E-state index is -0.810. The van der Waals surface area contributed by atoms with Gasteiger partial charge in [0.05, 0.1) is 0 Å². The number of aliphatic carboxylic acids is 1. The van der Waals surface area contributed by atoms with E-state index in [1.54, 1.807) is 0 Å². The number of fused-ring (bicyclic) bond motifs is 1. The summed E-state index contributed by atoms with van der Waals surface area (Å²) < 4.78 is 0. The number of alkyl halides is 1. The fraction of sp³-hybridized carbons (Fsp3) is 0.267. The molecule has 3 heteroatoms. The minimum absolute atomic E-state index is 0.00731. The lowest BCUT2D eigenvalue weighted by Crippen LogP contribution is -2.21. The highest BCUT2D eigenvalue weighted by atomic mass is 79.9. The summed E-state index contributed by atoms with van der Waals surface area (Å²) in [6.45, 7) is 2.01. The standard InChI is InChI=1S/C15H15BrO2/c1-2-13(14(16)15(17)18)12-8-7-10-5-3-4-6-11(10)9-12/h3-9,13-14H,2H2,1H3,(H,17,18). The van der Waals surface area contributed by atoms with Crippen molar-refractivity contribution in [1.29, 1.82) is 0 Å². The highest BCUT2D eigenvalue weighted by molar-refractivity contribution is 9.10. The summed E-state index contributed by atoms with van der Waals surface area (Å²) in [4.78, 5) is 10.6. The van der Waals surface area contributed by atoms with Gasteiger partial charge in [0.1, 0.15) is 4.83 Å². The van der Waals surface area contributed by atoms with Gasteiger partial charge in [0.2, 0.25) is 0 Å². The maximum atomic E-state index is 11.1. The number of rotatable bonds is 4. The van der Waals surface area contributed by atoms with Gasteiger partial charge in [-0.3, -0.25) is 4.79 Å². The average Bonchev–Trinajstić information content (AvgIpc) is 2.39. The Morgan fingerprint density at radius 3 is 2.50 bits per heavy atom. The zero-order valence-corrected chi connectivity index (χ0v) is 11.7. The van der Waals surface area contributed by atoms with Crippen molar-refractivity contribution in [3.63, 3.8) is 0 Å². The number of hydrogen-bond donors (Lipinski definition) is 1. The second-order valence-corrected chi connectivity index (χ2v) is 5.35. The molecule has 0 bridgehead atoms. The highest BCUT2D eigenvalue weighted by Gasteiger charge is 2.25. The molecule has 2 atom stereocenters. The van der Waals surface area contributed by atoms with Crippen LogP contribution in [0.3, 0.4) is 0 Å². The molecule has 2 nitrogen and oxygen atoms in total. The minimum Gasteiger partial charge on any atom is -0.480 e. The molecule has 0 saturated carbocycles. The molecule has 0 amide bonds. The zero-order valence-electron chi connectivity index (χ0n) is 10.1. The molecule has 2 unspecified atom stereocenters. The van der Waals surface area contributed by atoms with E-state index in [4.69, 9.17) is 5.11 Å². The molecule has 0 radical (unpaired) electrons. The topological polar surface area (TPSA) is 37.3 Å². The third-order valence-electron chi connectivity index (χ3n) is 3.23. The van der Waals surface area contributed by atoms with Crippen molar-refractivity contribution < 1.29 is 9.90 Å². The van der Waals surface area contributed by atoms with Crippen LogP contribution >= 0.6 is 15.9 Å². The molecular weight excluding hydrogens is 292 g/mol. The predicted molar refractivity (Wildman–Crippen MR) is 77.3 cm³/mol. The van der Waals surface area contributed by atoms with Gasteiger partial charge >= 0.3 is 5.97 Å². The number of halogens is 1. The summed E-state index contributed by atoms with van der Waals surface area (Å²) in [5.41, 5.74) is 1.07. The summed E-state index contributed by atoms with van der Waals surface area (Å²) in [6.07, 6.45) is 0.792. The van der Waals surface area contributed by atoms with Crippen molar-refractivity contribution in [2.75, 3.05) is 0 Å². The second-order valence-electron chi connectivity index (χ2n) is 4.36. The van der Waals surface area contributed by atoms with Gasteiger partial charge in [0.15, 0.2) is 0 Å². The van der Waals surface area contributed by atoms with E-state index in [1.165, 1.54) is 5.39 Å². The Morgan fingerprint density at radius 2 is 1.89 bits per heavy atom. The van der Waals surface area contributed by atoms with E-state index >= 15 is 0 Å². The highest BCUT2D eigenvalue weighted by Crippen LogP contribution is 2.30. The SMILES string of the molecule is CCC(c1ccc2ccccc2c1)C(Br)C(=O)O. The van der Waals surface area contributed by atoms with Crippen LogP contribution in [-0.2, 0) is 4.79 Å². The van der Waals surface area contributed by atoms with E-state index in [9.17, 15) is 4.79 Å². The van der Waals surface area contributed by atoms with Crippen LogP contribution < -0.4 is 0 Å². The first kappa shape index (κ1) is 13.1. The van der Waals surface area contributed by atoms with Crippen molar-refractivity contribution in [1.82, 2.24) is 0 Å². The maximum absolute atomic E-state index is 11.1. The molecule has 1 N–H and O–H groups in total. The summed E-state index contributed by atoms with van der Waals surface area (Å²) in [5.74, 6) is -0.817. The van der Waals surface area contributed by atoms with Crippen LogP contribution in [0.5, 0.6) is 0 Å². The van der Waals surface area contributed by atoms with Crippen LogP contribution in [0.15, 0.2) is 42.5 Å². The van der Waals surface area contributed by atoms with Gasteiger partial charge in [-0.25, -0.2) is 0 Å². The molecule has 0 saturated heterocycles. The third-order valence-corrected chi connectivity index (χ3v) is 4.26. The van der Waals surface area contributed by atoms with Crippen LogP contribution in [0, 0.1) is 0 Å². The Kier molecular flexibility index (Phi) is 4.02. The summed E-state index contributed by atoms with van der Waals surface area (Å²) in [5, 5.41) is 11.4. The van der Waals surface area contributed by atoms with E-state index in [2.05, 4.69) is 40.2 Å². The van der Waals surface area contributed by atoms with Crippen LogP contribution in [0.25, 0.3) is 10.8 Å². The van der Waals surface area contributed by atoms with E-state index in [0.717, 1.165) is 17.4 Å². The Morgan fingerprint density at radius 1 is 1.22 bits per heavy atom. The second kappa shape index (κ2) is 5.53. The van der Waals surface area contributed by atoms with Gasteiger partial charge in [-0.05, 0) is 22.8 Å². The molecule has 2 aromatic carbocycles. The fourth-order valence-corrected chi connectivity index (χ4v) is 2.90. The molecule has 94 valence electrons.